The minimum atomic E-state index is -4.72. The van der Waals surface area contributed by atoms with Gasteiger partial charge in [-0.15, -0.1) is 0 Å². The van der Waals surface area contributed by atoms with Crippen LogP contribution in [0, 0.1) is 5.41 Å². The van der Waals surface area contributed by atoms with Gasteiger partial charge in [-0.05, 0) is 36.3 Å². The van der Waals surface area contributed by atoms with Crippen LogP contribution in [-0.4, -0.2) is 52.9 Å². The van der Waals surface area contributed by atoms with Crippen molar-refractivity contribution in [3.8, 4) is 17.0 Å². The summed E-state index contributed by atoms with van der Waals surface area (Å²) in [5, 5.41) is 13.3. The molecule has 9 nitrogen and oxygen atoms in total. The van der Waals surface area contributed by atoms with Gasteiger partial charge in [0.05, 0.1) is 6.26 Å². The molecule has 214 valence electrons. The fraction of sp³-hybridized carbons (Fsp3) is 0.345. The number of carboxylic acid groups (broad SMARTS) is 1. The number of carbonyl (C=O) groups is 1. The lowest BCUT2D eigenvalue weighted by molar-refractivity contribution is -0.198. The number of nitrogens with two attached hydrogens (primary N) is 1. The van der Waals surface area contributed by atoms with Crippen LogP contribution in [0.25, 0.3) is 22.1 Å². The number of carboxylic acids is 1. The molecular formula is C29H28F3N5O4. The molecule has 0 unspecified atom stereocenters. The van der Waals surface area contributed by atoms with Crippen LogP contribution in [0.4, 0.5) is 24.9 Å². The maximum absolute atomic E-state index is 14.2. The first kappa shape index (κ1) is 26.9. The molecule has 1 spiro atoms. The summed E-state index contributed by atoms with van der Waals surface area (Å²) >= 11 is 0. The van der Waals surface area contributed by atoms with Crippen molar-refractivity contribution in [3.63, 3.8) is 0 Å². The van der Waals surface area contributed by atoms with Gasteiger partial charge in [0.1, 0.15) is 17.4 Å². The molecule has 6 rings (SSSR count). The first-order valence-electron chi connectivity index (χ1n) is 13.3. The van der Waals surface area contributed by atoms with Gasteiger partial charge in [0.25, 0.3) is 0 Å². The Morgan fingerprint density at radius 3 is 2.56 bits per heavy atom. The first-order valence-corrected chi connectivity index (χ1v) is 13.3. The van der Waals surface area contributed by atoms with Gasteiger partial charge < -0.3 is 30.2 Å². The van der Waals surface area contributed by atoms with Crippen LogP contribution >= 0.6 is 0 Å². The van der Waals surface area contributed by atoms with Crippen molar-refractivity contribution in [1.29, 1.82) is 0 Å². The van der Waals surface area contributed by atoms with Gasteiger partial charge in [-0.25, -0.2) is 0 Å². The average Bonchev–Trinajstić information content (AvgIpc) is 3.56. The lowest BCUT2D eigenvalue weighted by Gasteiger charge is -2.39. The normalized spacial score (nSPS) is 19.5. The highest BCUT2D eigenvalue weighted by Crippen LogP contribution is 2.42. The van der Waals surface area contributed by atoms with Gasteiger partial charge in [-0.1, -0.05) is 42.5 Å². The number of alkyl halides is 3. The second-order valence-electron chi connectivity index (χ2n) is 10.7. The highest BCUT2D eigenvalue weighted by molar-refractivity contribution is 5.93. The van der Waals surface area contributed by atoms with Crippen molar-refractivity contribution < 1.29 is 32.2 Å². The maximum atomic E-state index is 14.2. The number of nitrogens with zero attached hydrogens (tertiary/aromatic N) is 3. The number of hydrogen-bond acceptors (Lipinski definition) is 8. The molecule has 0 amide bonds. The Morgan fingerprint density at radius 1 is 1.15 bits per heavy atom. The Hall–Kier alpha value is -4.32. The highest BCUT2D eigenvalue weighted by atomic mass is 19.4. The molecule has 2 saturated heterocycles. The molecule has 0 aliphatic carbocycles. The predicted octanol–water partition coefficient (Wildman–Crippen LogP) is 5.19. The molecule has 41 heavy (non-hydrogen) atoms. The van der Waals surface area contributed by atoms with E-state index in [1.54, 1.807) is 18.4 Å². The van der Waals surface area contributed by atoms with E-state index < -0.39 is 24.3 Å². The van der Waals surface area contributed by atoms with Crippen molar-refractivity contribution in [3.05, 3.63) is 66.4 Å². The third-order valence-electron chi connectivity index (χ3n) is 8.05. The van der Waals surface area contributed by atoms with E-state index in [1.165, 1.54) is 18.2 Å². The van der Waals surface area contributed by atoms with Crippen molar-refractivity contribution in [2.75, 3.05) is 30.3 Å². The Balaban J connectivity index is 1.20. The number of para-hydroxylation sites is 1. The van der Waals surface area contributed by atoms with Gasteiger partial charge in [-0.2, -0.15) is 23.1 Å². The second-order valence-corrected chi connectivity index (χ2v) is 10.7. The number of nitrogens with one attached hydrogen (secondary N) is 1. The average molecular weight is 568 g/mol. The first-order chi connectivity index (χ1) is 19.6. The van der Waals surface area contributed by atoms with E-state index in [4.69, 9.17) is 14.9 Å². The van der Waals surface area contributed by atoms with Crippen molar-refractivity contribution in [2.24, 2.45) is 5.41 Å². The molecule has 2 fully saturated rings. The Morgan fingerprint density at radius 2 is 1.88 bits per heavy atom. The lowest BCUT2D eigenvalue weighted by Crippen LogP contribution is -2.41. The predicted molar refractivity (Wildman–Crippen MR) is 145 cm³/mol. The summed E-state index contributed by atoms with van der Waals surface area (Å²) in [5.74, 6) is -0.979. The van der Waals surface area contributed by atoms with Gasteiger partial charge in [0, 0.05) is 42.2 Å². The summed E-state index contributed by atoms with van der Waals surface area (Å²) in [6.07, 6.45) is -3.45. The van der Waals surface area contributed by atoms with Crippen LogP contribution in [0.15, 0.2) is 65.3 Å². The van der Waals surface area contributed by atoms with E-state index in [2.05, 4.69) is 15.3 Å². The van der Waals surface area contributed by atoms with Crippen molar-refractivity contribution in [1.82, 2.24) is 15.3 Å². The molecule has 0 bridgehead atoms. The number of aromatic nitrogens is 2. The zero-order valence-corrected chi connectivity index (χ0v) is 21.9. The number of furan rings is 1. The van der Waals surface area contributed by atoms with E-state index in [0.717, 1.165) is 10.9 Å². The largest absolute Gasteiger partial charge is 0.480 e. The standard InChI is InChI=1S/C29H28F3N5O4/c30-29(31,32)25(18-7-5-17(6-8-18)20-15-40-22-4-2-1-3-19(20)22)41-24-13-23(35-27(33)36-24)37-11-9-28(10-12-37)14-21(26(38)39)34-16-28/h1-8,13,15,21,25,34H,9-12,14,16H2,(H,38,39)(H2,33,35,36)/t21-,25+/m0/s1. The number of halogens is 3. The molecule has 4 heterocycles. The number of ether oxygens (including phenoxy) is 1. The van der Waals surface area contributed by atoms with Crippen LogP contribution in [0.1, 0.15) is 30.9 Å². The Kier molecular flexibility index (Phi) is 6.72. The summed E-state index contributed by atoms with van der Waals surface area (Å²) < 4.78 is 53.6. The number of rotatable bonds is 6. The molecule has 2 aromatic heterocycles. The molecule has 2 aliphatic heterocycles. The van der Waals surface area contributed by atoms with E-state index >= 15 is 0 Å². The van der Waals surface area contributed by atoms with Gasteiger partial charge in [0.2, 0.25) is 17.9 Å². The van der Waals surface area contributed by atoms with E-state index in [1.807, 2.05) is 29.2 Å². The van der Waals surface area contributed by atoms with Crippen LogP contribution in [0.5, 0.6) is 5.88 Å². The summed E-state index contributed by atoms with van der Waals surface area (Å²) in [7, 11) is 0. The molecule has 4 aromatic rings. The van der Waals surface area contributed by atoms with Crippen LogP contribution < -0.4 is 20.7 Å². The molecule has 12 heteroatoms. The number of piperidine rings is 1. The third kappa shape index (κ3) is 5.39. The third-order valence-corrected chi connectivity index (χ3v) is 8.05. The summed E-state index contributed by atoms with van der Waals surface area (Å²) in [6.45, 7) is 1.72. The van der Waals surface area contributed by atoms with E-state index in [0.29, 0.717) is 55.9 Å². The molecule has 4 N–H and O–H groups in total. The summed E-state index contributed by atoms with van der Waals surface area (Å²) in [4.78, 5) is 21.4. The number of aliphatic carboxylic acids is 1. The summed E-state index contributed by atoms with van der Waals surface area (Å²) in [6, 6.07) is 14.2. The topological polar surface area (TPSA) is 127 Å². The number of anilines is 2. The molecular weight excluding hydrogens is 539 g/mol. The molecule has 2 aromatic carbocycles. The monoisotopic (exact) mass is 567 g/mol. The molecule has 2 aliphatic rings. The quantitative estimate of drug-likeness (QED) is 0.289. The minimum absolute atomic E-state index is 0.0885. The molecule has 2 atom stereocenters. The zero-order chi connectivity index (χ0) is 28.8. The van der Waals surface area contributed by atoms with Gasteiger partial charge in [0.15, 0.2) is 0 Å². The summed E-state index contributed by atoms with van der Waals surface area (Å²) in [5.41, 5.74) is 7.84. The van der Waals surface area contributed by atoms with Crippen LogP contribution in [0.2, 0.25) is 0 Å². The number of benzene rings is 2. The van der Waals surface area contributed by atoms with Crippen molar-refractivity contribution >= 4 is 28.7 Å². The molecule has 0 radical (unpaired) electrons. The number of fused-ring (bicyclic) bond motifs is 1. The Bertz CT molecular complexity index is 1560. The number of hydrogen-bond donors (Lipinski definition) is 3. The minimum Gasteiger partial charge on any atom is -0.480 e. The van der Waals surface area contributed by atoms with Crippen molar-refractivity contribution in [2.45, 2.75) is 37.6 Å². The number of nitrogen functional groups attached to an aromatic ring is 1. The molecule has 0 saturated carbocycles. The maximum Gasteiger partial charge on any atom is 0.429 e. The van der Waals surface area contributed by atoms with E-state index in [-0.39, 0.29) is 22.8 Å². The van der Waals surface area contributed by atoms with E-state index in [9.17, 15) is 23.1 Å². The smallest absolute Gasteiger partial charge is 0.429 e. The van der Waals surface area contributed by atoms with Crippen LogP contribution in [-0.2, 0) is 4.79 Å². The van der Waals surface area contributed by atoms with Gasteiger partial charge >= 0.3 is 12.1 Å². The van der Waals surface area contributed by atoms with Crippen LogP contribution in [0.3, 0.4) is 0 Å². The highest BCUT2D eigenvalue weighted by Gasteiger charge is 2.45. The van der Waals surface area contributed by atoms with Gasteiger partial charge in [-0.3, -0.25) is 4.79 Å². The SMILES string of the molecule is Nc1nc(O[C@H](c2ccc(-c3coc4ccccc34)cc2)C(F)(F)F)cc(N2CCC3(CC2)CN[C@H](C(=O)O)C3)n1. The fourth-order valence-electron chi connectivity index (χ4n) is 5.82. The second kappa shape index (κ2) is 10.3. The lowest BCUT2D eigenvalue weighted by atomic mass is 9.76. The Labute approximate surface area is 233 Å². The zero-order valence-electron chi connectivity index (χ0n) is 21.9. The fourth-order valence-corrected chi connectivity index (χ4v) is 5.82.